The van der Waals surface area contributed by atoms with E-state index >= 15 is 0 Å². The smallest absolute Gasteiger partial charge is 0.407 e. The van der Waals surface area contributed by atoms with Crippen LogP contribution in [-0.2, 0) is 4.74 Å². The van der Waals surface area contributed by atoms with Crippen LogP contribution in [0.25, 0.3) is 0 Å². The maximum Gasteiger partial charge on any atom is 0.407 e. The zero-order valence-corrected chi connectivity index (χ0v) is 10.6. The van der Waals surface area contributed by atoms with Gasteiger partial charge >= 0.3 is 6.09 Å². The Morgan fingerprint density at radius 2 is 2.25 bits per heavy atom. The van der Waals surface area contributed by atoms with E-state index in [1.807, 2.05) is 0 Å². The van der Waals surface area contributed by atoms with Gasteiger partial charge in [-0.15, -0.1) is 12.4 Å². The SMILES string of the molecule is Cl.O=C1N[C@H](c2cc(Br)ccc2F)CCO1. The molecule has 0 saturated carbocycles. The third kappa shape index (κ3) is 2.86. The maximum absolute atomic E-state index is 13.5. The van der Waals surface area contributed by atoms with Crippen molar-refractivity contribution in [3.8, 4) is 0 Å². The van der Waals surface area contributed by atoms with Crippen LogP contribution in [0.1, 0.15) is 18.0 Å². The van der Waals surface area contributed by atoms with Gasteiger partial charge in [0.2, 0.25) is 0 Å². The lowest BCUT2D eigenvalue weighted by Gasteiger charge is -2.24. The fourth-order valence-electron chi connectivity index (χ4n) is 1.54. The third-order valence-electron chi connectivity index (χ3n) is 2.27. The highest BCUT2D eigenvalue weighted by Crippen LogP contribution is 2.25. The topological polar surface area (TPSA) is 38.3 Å². The van der Waals surface area contributed by atoms with Gasteiger partial charge in [0.25, 0.3) is 0 Å². The van der Waals surface area contributed by atoms with E-state index in [1.165, 1.54) is 6.07 Å². The number of nitrogens with one attached hydrogen (secondary N) is 1. The molecule has 6 heteroatoms. The molecule has 1 aromatic rings. The molecule has 0 aromatic heterocycles. The molecule has 1 heterocycles. The molecule has 1 aliphatic rings. The Hall–Kier alpha value is -0.810. The van der Waals surface area contributed by atoms with Crippen molar-refractivity contribution in [2.75, 3.05) is 6.61 Å². The number of carbonyl (C=O) groups excluding carboxylic acids is 1. The first kappa shape index (κ1) is 13.3. The number of halogens is 3. The largest absolute Gasteiger partial charge is 0.449 e. The molecule has 1 fully saturated rings. The molecule has 1 aliphatic heterocycles. The number of hydrogen-bond donors (Lipinski definition) is 1. The number of hydrogen-bond acceptors (Lipinski definition) is 2. The van der Waals surface area contributed by atoms with Crippen LogP contribution in [-0.4, -0.2) is 12.7 Å². The molecule has 1 atom stereocenters. The molecule has 0 aliphatic carbocycles. The molecule has 2 rings (SSSR count). The lowest BCUT2D eigenvalue weighted by atomic mass is 10.0. The van der Waals surface area contributed by atoms with Crippen LogP contribution < -0.4 is 5.32 Å². The standard InChI is InChI=1S/C10H9BrFNO2.ClH/c11-6-1-2-8(12)7(5-6)9-3-4-15-10(14)13-9;/h1-2,5,9H,3-4H2,(H,13,14);1H/t9-;/m0./s1. The second-order valence-corrected chi connectivity index (χ2v) is 4.20. The zero-order valence-electron chi connectivity index (χ0n) is 8.20. The molecule has 1 aromatic carbocycles. The Kier molecular flexibility index (Phi) is 4.56. The molecule has 16 heavy (non-hydrogen) atoms. The van der Waals surface area contributed by atoms with Gasteiger partial charge in [-0.25, -0.2) is 9.18 Å². The predicted molar refractivity (Wildman–Crippen MR) is 63.2 cm³/mol. The molecule has 1 saturated heterocycles. The van der Waals surface area contributed by atoms with Crippen molar-refractivity contribution < 1.29 is 13.9 Å². The van der Waals surface area contributed by atoms with Crippen molar-refractivity contribution in [3.63, 3.8) is 0 Å². The van der Waals surface area contributed by atoms with Crippen molar-refractivity contribution in [1.82, 2.24) is 5.32 Å². The van der Waals surface area contributed by atoms with Crippen LogP contribution in [0.15, 0.2) is 22.7 Å². The van der Waals surface area contributed by atoms with Crippen LogP contribution in [0, 0.1) is 5.82 Å². The Morgan fingerprint density at radius 1 is 1.50 bits per heavy atom. The average Bonchev–Trinajstić information content (AvgIpc) is 2.22. The molecule has 1 amide bonds. The van der Waals surface area contributed by atoms with E-state index < -0.39 is 6.09 Å². The molecule has 3 nitrogen and oxygen atoms in total. The van der Waals surface area contributed by atoms with Gasteiger partial charge in [-0.2, -0.15) is 0 Å². The zero-order chi connectivity index (χ0) is 10.8. The van der Waals surface area contributed by atoms with E-state index in [1.54, 1.807) is 12.1 Å². The van der Waals surface area contributed by atoms with Crippen LogP contribution in [0.4, 0.5) is 9.18 Å². The number of benzene rings is 1. The highest BCUT2D eigenvalue weighted by atomic mass is 79.9. The first-order valence-corrected chi connectivity index (χ1v) is 5.34. The van der Waals surface area contributed by atoms with E-state index in [0.717, 1.165) is 4.47 Å². The number of carbonyl (C=O) groups is 1. The van der Waals surface area contributed by atoms with E-state index in [2.05, 4.69) is 21.2 Å². The number of ether oxygens (including phenoxy) is 1. The van der Waals surface area contributed by atoms with Crippen molar-refractivity contribution in [2.24, 2.45) is 0 Å². The highest BCUT2D eigenvalue weighted by Gasteiger charge is 2.23. The number of rotatable bonds is 1. The molecule has 0 bridgehead atoms. The second-order valence-electron chi connectivity index (χ2n) is 3.29. The Morgan fingerprint density at radius 3 is 2.94 bits per heavy atom. The molecule has 0 spiro atoms. The van der Waals surface area contributed by atoms with Crippen molar-refractivity contribution in [1.29, 1.82) is 0 Å². The predicted octanol–water partition coefficient (Wildman–Crippen LogP) is 3.18. The maximum atomic E-state index is 13.5. The van der Waals surface area contributed by atoms with Gasteiger partial charge in [-0.1, -0.05) is 15.9 Å². The van der Waals surface area contributed by atoms with Gasteiger partial charge in [0.05, 0.1) is 12.6 Å². The van der Waals surface area contributed by atoms with Gasteiger partial charge in [-0.05, 0) is 18.2 Å². The van der Waals surface area contributed by atoms with Crippen molar-refractivity contribution in [2.45, 2.75) is 12.5 Å². The summed E-state index contributed by atoms with van der Waals surface area (Å²) in [7, 11) is 0. The molecular weight excluding hydrogens is 300 g/mol. The van der Waals surface area contributed by atoms with E-state index in [-0.39, 0.29) is 24.3 Å². The Bertz CT molecular complexity index is 402. The van der Waals surface area contributed by atoms with Crippen LogP contribution in [0.2, 0.25) is 0 Å². The van der Waals surface area contributed by atoms with Crippen LogP contribution in [0.5, 0.6) is 0 Å². The quantitative estimate of drug-likeness (QED) is 0.865. The normalized spacial score (nSPS) is 19.4. The minimum Gasteiger partial charge on any atom is -0.449 e. The van der Waals surface area contributed by atoms with Gasteiger partial charge in [-0.3, -0.25) is 0 Å². The monoisotopic (exact) mass is 309 g/mol. The van der Waals surface area contributed by atoms with E-state index in [9.17, 15) is 9.18 Å². The van der Waals surface area contributed by atoms with Gasteiger partial charge in [0, 0.05) is 16.5 Å². The molecule has 1 N–H and O–H groups in total. The van der Waals surface area contributed by atoms with Crippen molar-refractivity contribution >= 4 is 34.4 Å². The molecule has 88 valence electrons. The summed E-state index contributed by atoms with van der Waals surface area (Å²) in [5.41, 5.74) is 0.487. The summed E-state index contributed by atoms with van der Waals surface area (Å²) in [6.45, 7) is 0.322. The Balaban J connectivity index is 0.00000128. The number of alkyl carbamates (subject to hydrolysis) is 1. The van der Waals surface area contributed by atoms with Crippen LogP contribution in [0.3, 0.4) is 0 Å². The summed E-state index contributed by atoms with van der Waals surface area (Å²) in [4.78, 5) is 11.0. The van der Waals surface area contributed by atoms with Crippen LogP contribution >= 0.6 is 28.3 Å². The summed E-state index contributed by atoms with van der Waals surface area (Å²) >= 11 is 3.27. The lowest BCUT2D eigenvalue weighted by Crippen LogP contribution is -2.35. The highest BCUT2D eigenvalue weighted by molar-refractivity contribution is 9.10. The van der Waals surface area contributed by atoms with E-state index in [0.29, 0.717) is 18.6 Å². The summed E-state index contributed by atoms with van der Waals surface area (Å²) in [5.74, 6) is -0.314. The van der Waals surface area contributed by atoms with E-state index in [4.69, 9.17) is 4.74 Å². The summed E-state index contributed by atoms with van der Waals surface area (Å²) in [5, 5.41) is 2.58. The Labute approximate surface area is 107 Å². The fourth-order valence-corrected chi connectivity index (χ4v) is 1.92. The molecular formula is C10H10BrClFNO2. The minimum absolute atomic E-state index is 0. The van der Waals surface area contributed by atoms with Gasteiger partial charge in [0.15, 0.2) is 0 Å². The second kappa shape index (κ2) is 5.50. The number of amides is 1. The summed E-state index contributed by atoms with van der Waals surface area (Å²) in [6, 6.07) is 4.37. The first-order valence-electron chi connectivity index (χ1n) is 4.55. The number of cyclic esters (lactones) is 1. The first-order chi connectivity index (χ1) is 7.16. The minimum atomic E-state index is -0.495. The summed E-state index contributed by atoms with van der Waals surface area (Å²) in [6.07, 6.45) is 0.0877. The summed E-state index contributed by atoms with van der Waals surface area (Å²) < 4.78 is 19.0. The molecule has 0 unspecified atom stereocenters. The lowest BCUT2D eigenvalue weighted by molar-refractivity contribution is 0.115. The van der Waals surface area contributed by atoms with Crippen molar-refractivity contribution in [3.05, 3.63) is 34.1 Å². The average molecular weight is 311 g/mol. The van der Waals surface area contributed by atoms with Gasteiger partial charge < -0.3 is 10.1 Å². The third-order valence-corrected chi connectivity index (χ3v) is 2.76. The van der Waals surface area contributed by atoms with Gasteiger partial charge in [0.1, 0.15) is 5.82 Å². The molecule has 0 radical (unpaired) electrons. The fraction of sp³-hybridized carbons (Fsp3) is 0.300.